The van der Waals surface area contributed by atoms with Gasteiger partial charge >= 0.3 is 12.1 Å². The minimum atomic E-state index is 0.846. The smallest absolute Gasteiger partial charge is 0.399 e. The Labute approximate surface area is 75.5 Å². The monoisotopic (exact) mass is 169 g/mol. The molecule has 0 aromatic heterocycles. The Morgan fingerprint density at radius 3 is 2.92 bits per heavy atom. The molecular formula is C11H7NO+. The van der Waals surface area contributed by atoms with Gasteiger partial charge in [0, 0.05) is 0 Å². The van der Waals surface area contributed by atoms with Crippen molar-refractivity contribution in [2.75, 3.05) is 0 Å². The van der Waals surface area contributed by atoms with Crippen molar-refractivity contribution >= 4 is 22.9 Å². The lowest BCUT2D eigenvalue weighted by molar-refractivity contribution is 0.593. The quantitative estimate of drug-likeness (QED) is 0.593. The summed E-state index contributed by atoms with van der Waals surface area (Å²) in [6.07, 6.45) is 1.48. The Balaban J connectivity index is 2.49. The van der Waals surface area contributed by atoms with E-state index in [-0.39, 0.29) is 0 Å². The van der Waals surface area contributed by atoms with Crippen molar-refractivity contribution in [3.63, 3.8) is 0 Å². The molecule has 1 aliphatic heterocycles. The van der Waals surface area contributed by atoms with E-state index in [2.05, 4.69) is 17.1 Å². The van der Waals surface area contributed by atoms with E-state index >= 15 is 0 Å². The van der Waals surface area contributed by atoms with E-state index in [9.17, 15) is 0 Å². The number of hydrogen-bond acceptors (Lipinski definition) is 2. The Bertz CT molecular complexity index is 502. The standard InChI is InChI=1S/C11H7NO/c1-2-4-9-8(3-1)5-6-10-11(9)12-7-13-10/h1-7H/q+1. The third kappa shape index (κ3) is 0.855. The highest BCUT2D eigenvalue weighted by molar-refractivity contribution is 5.97. The normalized spacial score (nSPS) is 12.9. The third-order valence-electron chi connectivity index (χ3n) is 2.23. The van der Waals surface area contributed by atoms with Gasteiger partial charge in [-0.05, 0) is 17.5 Å². The lowest BCUT2D eigenvalue weighted by atomic mass is 10.1. The molecule has 0 saturated heterocycles. The zero-order valence-electron chi connectivity index (χ0n) is 6.90. The zero-order chi connectivity index (χ0) is 8.67. The molecular weight excluding hydrogens is 162 g/mol. The Kier molecular flexibility index (Phi) is 1.19. The first-order chi connectivity index (χ1) is 6.45. The zero-order valence-corrected chi connectivity index (χ0v) is 6.90. The summed E-state index contributed by atoms with van der Waals surface area (Å²) >= 11 is 0. The fraction of sp³-hybridized carbons (Fsp3) is 0. The number of ether oxygens (including phenoxy) is 1. The summed E-state index contributed by atoms with van der Waals surface area (Å²) < 4.78 is 5.21. The molecule has 3 rings (SSSR count). The minimum Gasteiger partial charge on any atom is -0.399 e. The SMILES string of the molecule is C1=[N+]c2c(ccc3ccccc23)O1. The molecule has 1 heterocycles. The molecule has 0 bridgehead atoms. The predicted octanol–water partition coefficient (Wildman–Crippen LogP) is 2.23. The highest BCUT2D eigenvalue weighted by Gasteiger charge is 2.22. The van der Waals surface area contributed by atoms with Gasteiger partial charge in [-0.1, -0.05) is 24.3 Å². The number of benzene rings is 2. The average Bonchev–Trinajstić information content (AvgIpc) is 2.65. The molecule has 0 saturated carbocycles. The van der Waals surface area contributed by atoms with Crippen molar-refractivity contribution in [1.82, 2.24) is 4.99 Å². The van der Waals surface area contributed by atoms with E-state index in [0.29, 0.717) is 0 Å². The Morgan fingerprint density at radius 1 is 1.00 bits per heavy atom. The van der Waals surface area contributed by atoms with Crippen LogP contribution in [0.15, 0.2) is 36.4 Å². The van der Waals surface area contributed by atoms with Crippen LogP contribution in [-0.4, -0.2) is 6.40 Å². The average molecular weight is 169 g/mol. The fourth-order valence-electron chi connectivity index (χ4n) is 1.60. The maximum Gasteiger partial charge on any atom is 0.404 e. The molecule has 1 radical (unpaired) electrons. The van der Waals surface area contributed by atoms with E-state index in [0.717, 1.165) is 16.8 Å². The molecule has 2 aromatic rings. The molecule has 0 N–H and O–H groups in total. The summed E-state index contributed by atoms with van der Waals surface area (Å²) in [5, 5.41) is 2.35. The second-order valence-corrected chi connectivity index (χ2v) is 2.99. The van der Waals surface area contributed by atoms with Crippen LogP contribution in [0.3, 0.4) is 0 Å². The molecule has 0 spiro atoms. The second-order valence-electron chi connectivity index (χ2n) is 2.99. The van der Waals surface area contributed by atoms with Gasteiger partial charge in [0.05, 0.1) is 5.39 Å². The summed E-state index contributed by atoms with van der Waals surface area (Å²) in [7, 11) is 0. The van der Waals surface area contributed by atoms with Gasteiger partial charge < -0.3 is 4.74 Å². The van der Waals surface area contributed by atoms with Crippen molar-refractivity contribution in [3.05, 3.63) is 36.4 Å². The lowest BCUT2D eigenvalue weighted by Crippen LogP contribution is -1.81. The van der Waals surface area contributed by atoms with Crippen molar-refractivity contribution in [3.8, 4) is 5.75 Å². The maximum atomic E-state index is 5.21. The van der Waals surface area contributed by atoms with Gasteiger partial charge in [-0.2, -0.15) is 0 Å². The van der Waals surface area contributed by atoms with Gasteiger partial charge in [0.25, 0.3) is 0 Å². The van der Waals surface area contributed by atoms with Gasteiger partial charge in [0.15, 0.2) is 0 Å². The van der Waals surface area contributed by atoms with E-state index in [1.54, 1.807) is 0 Å². The van der Waals surface area contributed by atoms with E-state index in [1.165, 1.54) is 11.8 Å². The van der Waals surface area contributed by atoms with Crippen LogP contribution in [0.2, 0.25) is 0 Å². The summed E-state index contributed by atoms with van der Waals surface area (Å²) in [6, 6.07) is 12.2. The van der Waals surface area contributed by atoms with Crippen molar-refractivity contribution < 1.29 is 4.74 Å². The number of fused-ring (bicyclic) bond motifs is 3. The van der Waals surface area contributed by atoms with Crippen molar-refractivity contribution in [1.29, 1.82) is 0 Å². The molecule has 2 aromatic carbocycles. The van der Waals surface area contributed by atoms with Crippen LogP contribution >= 0.6 is 0 Å². The molecule has 2 heteroatoms. The molecule has 0 fully saturated rings. The van der Waals surface area contributed by atoms with E-state index < -0.39 is 0 Å². The number of hydrogen-bond donors (Lipinski definition) is 0. The van der Waals surface area contributed by atoms with Crippen LogP contribution in [0.25, 0.3) is 10.8 Å². The van der Waals surface area contributed by atoms with E-state index in [4.69, 9.17) is 4.74 Å². The molecule has 0 aliphatic carbocycles. The number of rotatable bonds is 0. The predicted molar refractivity (Wildman–Crippen MR) is 52.4 cm³/mol. The molecule has 2 nitrogen and oxygen atoms in total. The van der Waals surface area contributed by atoms with Gasteiger partial charge in [-0.25, -0.2) is 0 Å². The minimum absolute atomic E-state index is 0.846. The molecule has 61 valence electrons. The van der Waals surface area contributed by atoms with Crippen LogP contribution in [0, 0.1) is 0 Å². The highest BCUT2D eigenvalue weighted by atomic mass is 16.5. The Morgan fingerprint density at radius 2 is 1.92 bits per heavy atom. The van der Waals surface area contributed by atoms with E-state index in [1.807, 2.05) is 24.3 Å². The van der Waals surface area contributed by atoms with Crippen molar-refractivity contribution in [2.24, 2.45) is 0 Å². The number of nitrogens with zero attached hydrogens (tertiary/aromatic N) is 1. The van der Waals surface area contributed by atoms with Gasteiger partial charge in [-0.3, -0.25) is 0 Å². The summed E-state index contributed by atoms with van der Waals surface area (Å²) in [5.74, 6) is 0.846. The van der Waals surface area contributed by atoms with Crippen LogP contribution in [0.4, 0.5) is 5.69 Å². The maximum absolute atomic E-state index is 5.21. The van der Waals surface area contributed by atoms with Gasteiger partial charge in [0.1, 0.15) is 4.99 Å². The largest absolute Gasteiger partial charge is 0.404 e. The van der Waals surface area contributed by atoms with Crippen molar-refractivity contribution in [2.45, 2.75) is 0 Å². The summed E-state index contributed by atoms with van der Waals surface area (Å²) in [6.45, 7) is 0. The first-order valence-corrected chi connectivity index (χ1v) is 4.16. The highest BCUT2D eigenvalue weighted by Crippen LogP contribution is 2.33. The van der Waals surface area contributed by atoms with Gasteiger partial charge in [0.2, 0.25) is 5.75 Å². The summed E-state index contributed by atoms with van der Waals surface area (Å²) in [4.78, 5) is 4.18. The van der Waals surface area contributed by atoms with Crippen LogP contribution in [0.1, 0.15) is 0 Å². The van der Waals surface area contributed by atoms with Crippen LogP contribution < -0.4 is 9.73 Å². The topological polar surface area (TPSA) is 23.3 Å². The van der Waals surface area contributed by atoms with Crippen LogP contribution in [0.5, 0.6) is 5.75 Å². The summed E-state index contributed by atoms with van der Waals surface area (Å²) in [5.41, 5.74) is 0.943. The lowest BCUT2D eigenvalue weighted by Gasteiger charge is -1.95. The first kappa shape index (κ1) is 6.66. The second kappa shape index (κ2) is 2.33. The van der Waals surface area contributed by atoms with Crippen LogP contribution in [-0.2, 0) is 0 Å². The van der Waals surface area contributed by atoms with Gasteiger partial charge in [-0.15, -0.1) is 0 Å². The molecule has 0 unspecified atom stereocenters. The molecule has 13 heavy (non-hydrogen) atoms. The first-order valence-electron chi connectivity index (χ1n) is 4.16. The Hall–Kier alpha value is -1.83. The number of aliphatic imine (C=N–C) groups is 1. The molecule has 0 amide bonds. The molecule has 0 atom stereocenters. The third-order valence-corrected chi connectivity index (χ3v) is 2.23. The fourth-order valence-corrected chi connectivity index (χ4v) is 1.60. The molecule has 1 aliphatic rings.